The van der Waals surface area contributed by atoms with Gasteiger partial charge in [-0.3, -0.25) is 0 Å². The monoisotopic (exact) mass is 162 g/mol. The zero-order valence-electron chi connectivity index (χ0n) is 6.69. The van der Waals surface area contributed by atoms with Crippen LogP contribution in [0.4, 0.5) is 0 Å². The molecule has 0 aromatic rings. The maximum atomic E-state index is 9.49. The molecule has 0 aromatic heterocycles. The van der Waals surface area contributed by atoms with Crippen LogP contribution in [0.1, 0.15) is 20.3 Å². The van der Waals surface area contributed by atoms with Gasteiger partial charge in [-0.1, -0.05) is 0 Å². The molecule has 0 aromatic carbocycles. The second-order valence-corrected chi connectivity index (χ2v) is 3.30. The molecule has 3 N–H and O–H groups in total. The third-order valence-corrected chi connectivity index (χ3v) is 2.04. The van der Waals surface area contributed by atoms with Gasteiger partial charge < -0.3 is 20.1 Å². The molecule has 4 nitrogen and oxygen atoms in total. The van der Waals surface area contributed by atoms with Crippen LogP contribution in [-0.4, -0.2) is 39.4 Å². The van der Waals surface area contributed by atoms with Crippen molar-refractivity contribution in [1.29, 1.82) is 0 Å². The van der Waals surface area contributed by atoms with Crippen molar-refractivity contribution in [2.24, 2.45) is 0 Å². The van der Waals surface area contributed by atoms with Gasteiger partial charge in [-0.05, 0) is 13.8 Å². The topological polar surface area (TPSA) is 69.9 Å². The highest BCUT2D eigenvalue weighted by Gasteiger charge is 2.42. The van der Waals surface area contributed by atoms with E-state index in [2.05, 4.69) is 0 Å². The van der Waals surface area contributed by atoms with Crippen LogP contribution in [0.2, 0.25) is 0 Å². The van der Waals surface area contributed by atoms with E-state index in [0.717, 1.165) is 0 Å². The van der Waals surface area contributed by atoms with Crippen LogP contribution in [0.15, 0.2) is 0 Å². The summed E-state index contributed by atoms with van der Waals surface area (Å²) < 4.78 is 4.88. The summed E-state index contributed by atoms with van der Waals surface area (Å²) in [6.07, 6.45) is -2.36. The highest BCUT2D eigenvalue weighted by atomic mass is 16.6. The maximum Gasteiger partial charge on any atom is 0.157 e. The molecule has 0 saturated carbocycles. The molecule has 1 fully saturated rings. The SMILES string of the molecule is C[C@@H]1O[C@@H](O)C[C@@](C)(O)C1O. The molecule has 4 heteroatoms. The summed E-state index contributed by atoms with van der Waals surface area (Å²) in [7, 11) is 0. The molecule has 1 aliphatic heterocycles. The average Bonchev–Trinajstić information content (AvgIpc) is 1.81. The Hall–Kier alpha value is -0.160. The zero-order valence-corrected chi connectivity index (χ0v) is 6.69. The van der Waals surface area contributed by atoms with E-state index in [1.807, 2.05) is 0 Å². The van der Waals surface area contributed by atoms with Crippen molar-refractivity contribution in [2.75, 3.05) is 0 Å². The molecule has 0 aliphatic carbocycles. The van der Waals surface area contributed by atoms with Crippen LogP contribution >= 0.6 is 0 Å². The molecule has 1 heterocycles. The number of aliphatic hydroxyl groups excluding tert-OH is 2. The molecule has 1 unspecified atom stereocenters. The standard InChI is InChI=1S/C7H14O4/c1-4-6(9)7(2,10)3-5(8)11-4/h4-6,8-10H,3H2,1-2H3/t4-,5+,6?,7+/m0/s1. The fraction of sp³-hybridized carbons (Fsp3) is 1.00. The molecule has 0 spiro atoms. The summed E-state index contributed by atoms with van der Waals surface area (Å²) in [6, 6.07) is 0. The Morgan fingerprint density at radius 3 is 2.45 bits per heavy atom. The highest BCUT2D eigenvalue weighted by Crippen LogP contribution is 2.27. The minimum absolute atomic E-state index is 0.0541. The van der Waals surface area contributed by atoms with Gasteiger partial charge in [-0.2, -0.15) is 0 Å². The predicted molar refractivity (Wildman–Crippen MR) is 37.8 cm³/mol. The Morgan fingerprint density at radius 1 is 1.45 bits per heavy atom. The summed E-state index contributed by atoms with van der Waals surface area (Å²) in [4.78, 5) is 0. The summed E-state index contributed by atoms with van der Waals surface area (Å²) in [6.45, 7) is 3.10. The lowest BCUT2D eigenvalue weighted by Crippen LogP contribution is -2.54. The van der Waals surface area contributed by atoms with Crippen molar-refractivity contribution >= 4 is 0 Å². The predicted octanol–water partition coefficient (Wildman–Crippen LogP) is -0.775. The molecular weight excluding hydrogens is 148 g/mol. The quantitative estimate of drug-likeness (QED) is 0.437. The average molecular weight is 162 g/mol. The lowest BCUT2D eigenvalue weighted by atomic mass is 9.89. The normalized spacial score (nSPS) is 52.6. The number of hydrogen-bond acceptors (Lipinski definition) is 4. The van der Waals surface area contributed by atoms with E-state index in [9.17, 15) is 10.2 Å². The molecule has 0 bridgehead atoms. The molecule has 1 saturated heterocycles. The van der Waals surface area contributed by atoms with Gasteiger partial charge in [0.2, 0.25) is 0 Å². The van der Waals surface area contributed by atoms with Gasteiger partial charge in [-0.25, -0.2) is 0 Å². The lowest BCUT2D eigenvalue weighted by molar-refractivity contribution is -0.256. The number of rotatable bonds is 0. The van der Waals surface area contributed by atoms with Crippen molar-refractivity contribution in [2.45, 2.75) is 44.4 Å². The van der Waals surface area contributed by atoms with E-state index in [-0.39, 0.29) is 6.42 Å². The van der Waals surface area contributed by atoms with Gasteiger partial charge in [0.25, 0.3) is 0 Å². The first kappa shape index (κ1) is 8.93. The van der Waals surface area contributed by atoms with E-state index in [1.54, 1.807) is 6.92 Å². The van der Waals surface area contributed by atoms with Crippen molar-refractivity contribution in [1.82, 2.24) is 0 Å². The van der Waals surface area contributed by atoms with E-state index < -0.39 is 24.1 Å². The van der Waals surface area contributed by atoms with Gasteiger partial charge >= 0.3 is 0 Å². The van der Waals surface area contributed by atoms with Gasteiger partial charge in [0.15, 0.2) is 6.29 Å². The minimum atomic E-state index is -1.24. The Kier molecular flexibility index (Phi) is 2.20. The Bertz CT molecular complexity index is 145. The number of aliphatic hydroxyl groups is 3. The fourth-order valence-electron chi connectivity index (χ4n) is 1.35. The van der Waals surface area contributed by atoms with Crippen LogP contribution in [0.5, 0.6) is 0 Å². The van der Waals surface area contributed by atoms with Crippen molar-refractivity contribution in [3.05, 3.63) is 0 Å². The lowest BCUT2D eigenvalue weighted by Gasteiger charge is -2.40. The van der Waals surface area contributed by atoms with Crippen LogP contribution in [0, 0.1) is 0 Å². The Morgan fingerprint density at radius 2 is 2.00 bits per heavy atom. The third-order valence-electron chi connectivity index (χ3n) is 2.04. The summed E-state index contributed by atoms with van der Waals surface area (Å²) in [5.41, 5.74) is -1.24. The van der Waals surface area contributed by atoms with Crippen molar-refractivity contribution in [3.8, 4) is 0 Å². The Balaban J connectivity index is 2.67. The molecule has 66 valence electrons. The molecule has 1 aliphatic rings. The molecule has 0 radical (unpaired) electrons. The molecular formula is C7H14O4. The van der Waals surface area contributed by atoms with Crippen LogP contribution in [0.25, 0.3) is 0 Å². The van der Waals surface area contributed by atoms with E-state index in [4.69, 9.17) is 9.84 Å². The highest BCUT2D eigenvalue weighted by molar-refractivity contribution is 4.90. The smallest absolute Gasteiger partial charge is 0.157 e. The van der Waals surface area contributed by atoms with E-state index in [0.29, 0.717) is 0 Å². The maximum absolute atomic E-state index is 9.49. The number of ether oxygens (including phenoxy) is 1. The van der Waals surface area contributed by atoms with Gasteiger partial charge in [0, 0.05) is 6.42 Å². The second-order valence-electron chi connectivity index (χ2n) is 3.30. The van der Waals surface area contributed by atoms with Crippen LogP contribution in [0.3, 0.4) is 0 Å². The van der Waals surface area contributed by atoms with Gasteiger partial charge in [-0.15, -0.1) is 0 Å². The minimum Gasteiger partial charge on any atom is -0.387 e. The first-order valence-corrected chi connectivity index (χ1v) is 3.67. The summed E-state index contributed by atoms with van der Waals surface area (Å²) in [5.74, 6) is 0. The van der Waals surface area contributed by atoms with Gasteiger partial charge in [0.05, 0.1) is 11.7 Å². The first-order chi connectivity index (χ1) is 4.93. The summed E-state index contributed by atoms with van der Waals surface area (Å²) in [5, 5.41) is 27.9. The number of hydrogen-bond donors (Lipinski definition) is 3. The van der Waals surface area contributed by atoms with E-state index >= 15 is 0 Å². The molecule has 1 rings (SSSR count). The molecule has 11 heavy (non-hydrogen) atoms. The first-order valence-electron chi connectivity index (χ1n) is 3.67. The Labute approximate surface area is 65.4 Å². The third kappa shape index (κ3) is 1.70. The largest absolute Gasteiger partial charge is 0.387 e. The van der Waals surface area contributed by atoms with Gasteiger partial charge in [0.1, 0.15) is 6.10 Å². The van der Waals surface area contributed by atoms with Crippen LogP contribution < -0.4 is 0 Å². The fourth-order valence-corrected chi connectivity index (χ4v) is 1.35. The van der Waals surface area contributed by atoms with Crippen LogP contribution in [-0.2, 0) is 4.74 Å². The zero-order chi connectivity index (χ0) is 8.65. The van der Waals surface area contributed by atoms with Crippen molar-refractivity contribution < 1.29 is 20.1 Å². The molecule has 4 atom stereocenters. The van der Waals surface area contributed by atoms with E-state index in [1.165, 1.54) is 6.92 Å². The van der Waals surface area contributed by atoms with Crippen molar-refractivity contribution in [3.63, 3.8) is 0 Å². The second kappa shape index (κ2) is 2.71. The summed E-state index contributed by atoms with van der Waals surface area (Å²) >= 11 is 0. The molecule has 0 amide bonds.